The van der Waals surface area contributed by atoms with E-state index in [-0.39, 0.29) is 11.3 Å². The minimum atomic E-state index is -0.0975. The van der Waals surface area contributed by atoms with Gasteiger partial charge < -0.3 is 16.0 Å². The second-order valence-electron chi connectivity index (χ2n) is 3.62. The number of hydrogen-bond acceptors (Lipinski definition) is 3. The molecule has 3 N–H and O–H groups in total. The number of thioether (sulfide) groups is 1. The summed E-state index contributed by atoms with van der Waals surface area (Å²) >= 11 is 1.20. The van der Waals surface area contributed by atoms with E-state index in [1.807, 2.05) is 6.92 Å². The van der Waals surface area contributed by atoms with Gasteiger partial charge in [-0.1, -0.05) is 24.6 Å². The van der Waals surface area contributed by atoms with Gasteiger partial charge in [0.2, 0.25) is 0 Å². The molecule has 0 saturated heterocycles. The quantitative estimate of drug-likeness (QED) is 0.585. The van der Waals surface area contributed by atoms with E-state index in [0.29, 0.717) is 13.1 Å². The van der Waals surface area contributed by atoms with Gasteiger partial charge in [0.1, 0.15) is 0 Å². The minimum absolute atomic E-state index is 0.0305. The molecule has 3 amide bonds. The molecule has 0 aromatic heterocycles. The highest BCUT2D eigenvalue weighted by molar-refractivity contribution is 8.12. The summed E-state index contributed by atoms with van der Waals surface area (Å²) in [5, 5.41) is 8.29. The average molecular weight is 261 g/mol. The maximum Gasteiger partial charge on any atom is 0.314 e. The summed E-state index contributed by atoms with van der Waals surface area (Å²) < 4.78 is 0. The van der Waals surface area contributed by atoms with Crippen molar-refractivity contribution >= 4 is 23.0 Å². The van der Waals surface area contributed by atoms with Crippen LogP contribution in [-0.2, 0) is 0 Å². The fourth-order valence-corrected chi connectivity index (χ4v) is 1.54. The lowest BCUT2D eigenvalue weighted by atomic mass is 10.2. The molecule has 0 spiro atoms. The Labute approximate surface area is 107 Å². The Bertz CT molecular complexity index is 225. The van der Waals surface area contributed by atoms with Crippen LogP contribution in [-0.4, -0.2) is 37.2 Å². The smallest absolute Gasteiger partial charge is 0.314 e. The number of rotatable bonds is 8. The molecule has 0 saturated carbocycles. The van der Waals surface area contributed by atoms with Crippen LogP contribution >= 0.6 is 11.8 Å². The van der Waals surface area contributed by atoms with Gasteiger partial charge in [-0.25, -0.2) is 4.79 Å². The molecule has 0 aromatic rings. The van der Waals surface area contributed by atoms with E-state index < -0.39 is 0 Å². The summed E-state index contributed by atoms with van der Waals surface area (Å²) in [4.78, 5) is 21.9. The lowest BCUT2D eigenvalue weighted by Gasteiger charge is -2.05. The third-order valence-corrected chi connectivity index (χ3v) is 2.70. The Morgan fingerprint density at radius 3 is 2.06 bits per heavy atom. The Morgan fingerprint density at radius 2 is 1.53 bits per heavy atom. The van der Waals surface area contributed by atoms with Gasteiger partial charge in [0.25, 0.3) is 5.24 Å². The van der Waals surface area contributed by atoms with Crippen molar-refractivity contribution in [2.24, 2.45) is 0 Å². The first-order valence-electron chi connectivity index (χ1n) is 6.04. The zero-order chi connectivity index (χ0) is 12.9. The highest BCUT2D eigenvalue weighted by Gasteiger charge is 1.97. The van der Waals surface area contributed by atoms with E-state index in [1.54, 1.807) is 6.26 Å². The monoisotopic (exact) mass is 261 g/mol. The number of hydrogen-bond donors (Lipinski definition) is 3. The van der Waals surface area contributed by atoms with Gasteiger partial charge in [-0.2, -0.15) is 0 Å². The molecule has 100 valence electrons. The Morgan fingerprint density at radius 1 is 0.941 bits per heavy atom. The molecule has 0 aliphatic heterocycles. The van der Waals surface area contributed by atoms with E-state index >= 15 is 0 Å². The van der Waals surface area contributed by atoms with Gasteiger partial charge in [-0.05, 0) is 26.0 Å². The standard InChI is InChI=1S/C11H23N3O2S/c1-3-12-10(15)13-8-6-4-5-7-9-14-11(16)17-2/h3-9H2,1-2H3,(H,14,16)(H2,12,13,15). The number of unbranched alkanes of at least 4 members (excludes halogenated alkanes) is 3. The molecule has 0 aliphatic carbocycles. The van der Waals surface area contributed by atoms with E-state index in [0.717, 1.165) is 32.2 Å². The number of amides is 3. The number of carbonyl (C=O) groups is 2. The maximum absolute atomic E-state index is 11.0. The zero-order valence-corrected chi connectivity index (χ0v) is 11.5. The molecule has 0 rings (SSSR count). The Hall–Kier alpha value is -0.910. The predicted molar refractivity (Wildman–Crippen MR) is 72.5 cm³/mol. The van der Waals surface area contributed by atoms with E-state index in [9.17, 15) is 9.59 Å². The topological polar surface area (TPSA) is 70.2 Å². The van der Waals surface area contributed by atoms with Gasteiger partial charge in [0.05, 0.1) is 0 Å². The third-order valence-electron chi connectivity index (χ3n) is 2.18. The number of carbonyl (C=O) groups excluding carboxylic acids is 2. The highest BCUT2D eigenvalue weighted by Crippen LogP contribution is 1.99. The fourth-order valence-electron chi connectivity index (χ4n) is 1.29. The van der Waals surface area contributed by atoms with Crippen molar-refractivity contribution in [3.05, 3.63) is 0 Å². The van der Waals surface area contributed by atoms with Gasteiger partial charge in [0, 0.05) is 19.6 Å². The highest BCUT2D eigenvalue weighted by atomic mass is 32.2. The second kappa shape index (κ2) is 11.6. The van der Waals surface area contributed by atoms with Crippen LogP contribution in [0.1, 0.15) is 32.6 Å². The molecule has 0 radical (unpaired) electrons. The molecule has 0 bridgehead atoms. The lowest BCUT2D eigenvalue weighted by Crippen LogP contribution is -2.35. The third kappa shape index (κ3) is 11.4. The average Bonchev–Trinajstić information content (AvgIpc) is 2.32. The first-order valence-corrected chi connectivity index (χ1v) is 7.26. The van der Waals surface area contributed by atoms with Crippen LogP contribution in [0.2, 0.25) is 0 Å². The summed E-state index contributed by atoms with van der Waals surface area (Å²) in [5.41, 5.74) is 0. The minimum Gasteiger partial charge on any atom is -0.347 e. The summed E-state index contributed by atoms with van der Waals surface area (Å²) in [7, 11) is 0. The zero-order valence-electron chi connectivity index (χ0n) is 10.7. The van der Waals surface area contributed by atoms with Gasteiger partial charge in [-0.3, -0.25) is 4.79 Å². The SMILES string of the molecule is CCNC(=O)NCCCCCCNC(=O)SC. The molecule has 0 aliphatic rings. The molecule has 17 heavy (non-hydrogen) atoms. The molecule has 0 aromatic carbocycles. The first kappa shape index (κ1) is 16.1. The molecule has 6 heteroatoms. The normalized spacial score (nSPS) is 9.76. The number of nitrogens with one attached hydrogen (secondary N) is 3. The predicted octanol–water partition coefficient (Wildman–Crippen LogP) is 1.94. The molecule has 5 nitrogen and oxygen atoms in total. The van der Waals surface area contributed by atoms with Gasteiger partial charge >= 0.3 is 6.03 Å². The molecular weight excluding hydrogens is 238 g/mol. The van der Waals surface area contributed by atoms with Crippen molar-refractivity contribution < 1.29 is 9.59 Å². The molecule has 0 fully saturated rings. The van der Waals surface area contributed by atoms with Gasteiger partial charge in [0.15, 0.2) is 0 Å². The fraction of sp³-hybridized carbons (Fsp3) is 0.818. The van der Waals surface area contributed by atoms with Crippen molar-refractivity contribution in [1.29, 1.82) is 0 Å². The van der Waals surface area contributed by atoms with Crippen LogP contribution in [0.15, 0.2) is 0 Å². The van der Waals surface area contributed by atoms with Crippen molar-refractivity contribution in [2.45, 2.75) is 32.6 Å². The summed E-state index contributed by atoms with van der Waals surface area (Å²) in [6.45, 7) is 4.00. The van der Waals surface area contributed by atoms with Crippen LogP contribution in [0.25, 0.3) is 0 Å². The summed E-state index contributed by atoms with van der Waals surface area (Å²) in [6, 6.07) is -0.0975. The van der Waals surface area contributed by atoms with Crippen molar-refractivity contribution in [1.82, 2.24) is 16.0 Å². The van der Waals surface area contributed by atoms with Crippen LogP contribution < -0.4 is 16.0 Å². The van der Waals surface area contributed by atoms with E-state index in [2.05, 4.69) is 16.0 Å². The van der Waals surface area contributed by atoms with Crippen LogP contribution in [0, 0.1) is 0 Å². The van der Waals surface area contributed by atoms with Gasteiger partial charge in [-0.15, -0.1) is 0 Å². The summed E-state index contributed by atoms with van der Waals surface area (Å²) in [5.74, 6) is 0. The lowest BCUT2D eigenvalue weighted by molar-refractivity contribution is 0.241. The molecule has 0 heterocycles. The number of urea groups is 1. The maximum atomic E-state index is 11.0. The van der Waals surface area contributed by atoms with Crippen LogP contribution in [0.4, 0.5) is 9.59 Å². The van der Waals surface area contributed by atoms with Crippen LogP contribution in [0.5, 0.6) is 0 Å². The largest absolute Gasteiger partial charge is 0.347 e. The Balaban J connectivity index is 3.13. The van der Waals surface area contributed by atoms with Crippen molar-refractivity contribution in [3.8, 4) is 0 Å². The first-order chi connectivity index (χ1) is 8.20. The molecule has 0 unspecified atom stereocenters. The second-order valence-corrected chi connectivity index (χ2v) is 4.40. The van der Waals surface area contributed by atoms with E-state index in [4.69, 9.17) is 0 Å². The van der Waals surface area contributed by atoms with Crippen molar-refractivity contribution in [3.63, 3.8) is 0 Å². The molecular formula is C11H23N3O2S. The van der Waals surface area contributed by atoms with Crippen molar-refractivity contribution in [2.75, 3.05) is 25.9 Å². The van der Waals surface area contributed by atoms with Crippen LogP contribution in [0.3, 0.4) is 0 Å². The summed E-state index contributed by atoms with van der Waals surface area (Å²) in [6.07, 6.45) is 5.89. The Kier molecular flexibility index (Phi) is 11.0. The molecule has 0 atom stereocenters. The van der Waals surface area contributed by atoms with E-state index in [1.165, 1.54) is 11.8 Å².